The van der Waals surface area contributed by atoms with Crippen LogP contribution in [0.1, 0.15) is 5.56 Å². The molecular formula is C17H18BrN3O3. The van der Waals surface area contributed by atoms with Gasteiger partial charge in [0, 0.05) is 29.5 Å². The summed E-state index contributed by atoms with van der Waals surface area (Å²) < 4.78 is 2.23. The van der Waals surface area contributed by atoms with Crippen LogP contribution in [0.3, 0.4) is 0 Å². The van der Waals surface area contributed by atoms with Crippen LogP contribution in [0.4, 0.5) is 5.69 Å². The number of rotatable bonds is 5. The first-order valence-corrected chi connectivity index (χ1v) is 8.11. The highest BCUT2D eigenvalue weighted by Crippen LogP contribution is 2.19. The topological polar surface area (TPSA) is 71.4 Å². The second-order valence-electron chi connectivity index (χ2n) is 5.42. The zero-order valence-corrected chi connectivity index (χ0v) is 15.0. The maximum Gasteiger partial charge on any atom is 0.250 e. The predicted octanol–water partition coefficient (Wildman–Crippen LogP) is 2.02. The molecule has 0 aliphatic heterocycles. The number of halogens is 1. The number of aryl methyl sites for hydroxylation is 1. The van der Waals surface area contributed by atoms with Gasteiger partial charge in [-0.2, -0.15) is 0 Å². The van der Waals surface area contributed by atoms with Crippen molar-refractivity contribution in [2.45, 2.75) is 13.5 Å². The van der Waals surface area contributed by atoms with Crippen LogP contribution in [0.2, 0.25) is 0 Å². The van der Waals surface area contributed by atoms with E-state index in [2.05, 4.69) is 21.2 Å². The fourth-order valence-electron chi connectivity index (χ4n) is 2.12. The molecule has 0 aliphatic rings. The van der Waals surface area contributed by atoms with Crippen molar-refractivity contribution in [2.75, 3.05) is 18.9 Å². The summed E-state index contributed by atoms with van der Waals surface area (Å²) in [5.41, 5.74) is 1.36. The first kappa shape index (κ1) is 17.9. The van der Waals surface area contributed by atoms with Gasteiger partial charge in [-0.1, -0.05) is 22.0 Å². The molecule has 2 amide bonds. The molecule has 0 atom stereocenters. The maximum atomic E-state index is 12.1. The van der Waals surface area contributed by atoms with E-state index >= 15 is 0 Å². The second kappa shape index (κ2) is 7.92. The third-order valence-electron chi connectivity index (χ3n) is 3.47. The fraction of sp³-hybridized carbons (Fsp3) is 0.235. The summed E-state index contributed by atoms with van der Waals surface area (Å²) in [6.45, 7) is 1.70. The molecule has 2 rings (SSSR count). The number of pyridine rings is 1. The summed E-state index contributed by atoms with van der Waals surface area (Å²) in [5.74, 6) is -0.609. The number of carbonyl (C=O) groups excluding carboxylic acids is 2. The van der Waals surface area contributed by atoms with E-state index in [9.17, 15) is 14.4 Å². The molecule has 24 heavy (non-hydrogen) atoms. The third-order valence-corrected chi connectivity index (χ3v) is 3.97. The number of amides is 2. The molecule has 0 spiro atoms. The molecule has 1 N–H and O–H groups in total. The molecule has 1 heterocycles. The first-order valence-electron chi connectivity index (χ1n) is 7.32. The molecule has 1 aromatic carbocycles. The normalized spacial score (nSPS) is 10.3. The molecule has 6 nitrogen and oxygen atoms in total. The standard InChI is InChI=1S/C17H18BrN3O3/c1-12-9-13(18)6-7-14(12)19-15(22)10-20(2)17(24)11-21-8-4-3-5-16(21)23/h3-9H,10-11H2,1-2H3,(H,19,22). The van der Waals surface area contributed by atoms with E-state index in [-0.39, 0.29) is 30.5 Å². The van der Waals surface area contributed by atoms with E-state index in [1.807, 2.05) is 19.1 Å². The van der Waals surface area contributed by atoms with Crippen LogP contribution in [-0.2, 0) is 16.1 Å². The number of nitrogens with zero attached hydrogens (tertiary/aromatic N) is 2. The Morgan fingerprint density at radius 2 is 2.00 bits per heavy atom. The van der Waals surface area contributed by atoms with Gasteiger partial charge in [-0.3, -0.25) is 14.4 Å². The monoisotopic (exact) mass is 391 g/mol. The van der Waals surface area contributed by atoms with Crippen molar-refractivity contribution in [2.24, 2.45) is 0 Å². The molecule has 0 aliphatic carbocycles. The minimum Gasteiger partial charge on any atom is -0.335 e. The predicted molar refractivity (Wildman–Crippen MR) is 95.8 cm³/mol. The third kappa shape index (κ3) is 4.79. The fourth-order valence-corrected chi connectivity index (χ4v) is 2.59. The van der Waals surface area contributed by atoms with Crippen molar-refractivity contribution in [3.63, 3.8) is 0 Å². The molecule has 1 aromatic heterocycles. The van der Waals surface area contributed by atoms with Crippen molar-refractivity contribution in [1.82, 2.24) is 9.47 Å². The lowest BCUT2D eigenvalue weighted by atomic mass is 10.2. The summed E-state index contributed by atoms with van der Waals surface area (Å²) in [5, 5.41) is 2.78. The van der Waals surface area contributed by atoms with Crippen LogP contribution in [0.15, 0.2) is 51.9 Å². The molecular weight excluding hydrogens is 374 g/mol. The van der Waals surface area contributed by atoms with Gasteiger partial charge in [0.2, 0.25) is 11.8 Å². The SMILES string of the molecule is Cc1cc(Br)ccc1NC(=O)CN(C)C(=O)Cn1ccccc1=O. The molecule has 0 bridgehead atoms. The van der Waals surface area contributed by atoms with Crippen molar-refractivity contribution >= 4 is 33.4 Å². The number of likely N-dealkylation sites (N-methyl/N-ethyl adjacent to an activating group) is 1. The van der Waals surface area contributed by atoms with Crippen molar-refractivity contribution in [1.29, 1.82) is 0 Å². The van der Waals surface area contributed by atoms with E-state index in [0.717, 1.165) is 10.0 Å². The summed E-state index contributed by atoms with van der Waals surface area (Å²) >= 11 is 3.37. The van der Waals surface area contributed by atoms with E-state index in [1.165, 1.54) is 22.6 Å². The molecule has 0 unspecified atom stereocenters. The largest absolute Gasteiger partial charge is 0.335 e. The van der Waals surface area contributed by atoms with Crippen LogP contribution in [0.5, 0.6) is 0 Å². The molecule has 7 heteroatoms. The summed E-state index contributed by atoms with van der Waals surface area (Å²) in [7, 11) is 1.53. The van der Waals surface area contributed by atoms with Crippen molar-refractivity contribution < 1.29 is 9.59 Å². The van der Waals surface area contributed by atoms with E-state index in [4.69, 9.17) is 0 Å². The summed E-state index contributed by atoms with van der Waals surface area (Å²) in [6.07, 6.45) is 1.54. The molecule has 0 fully saturated rings. The summed E-state index contributed by atoms with van der Waals surface area (Å²) in [4.78, 5) is 37.2. The van der Waals surface area contributed by atoms with Gasteiger partial charge in [-0.15, -0.1) is 0 Å². The zero-order chi connectivity index (χ0) is 17.7. The highest BCUT2D eigenvalue weighted by atomic mass is 79.9. The van der Waals surface area contributed by atoms with Crippen LogP contribution < -0.4 is 10.9 Å². The minimum absolute atomic E-state index is 0.0874. The lowest BCUT2D eigenvalue weighted by Gasteiger charge is -2.18. The highest BCUT2D eigenvalue weighted by Gasteiger charge is 2.14. The van der Waals surface area contributed by atoms with Crippen LogP contribution >= 0.6 is 15.9 Å². The average molecular weight is 392 g/mol. The van der Waals surface area contributed by atoms with E-state index in [1.54, 1.807) is 24.4 Å². The maximum absolute atomic E-state index is 12.1. The Hall–Kier alpha value is -2.41. The van der Waals surface area contributed by atoms with E-state index in [0.29, 0.717) is 5.69 Å². The minimum atomic E-state index is -0.314. The quantitative estimate of drug-likeness (QED) is 0.847. The van der Waals surface area contributed by atoms with Crippen LogP contribution in [0.25, 0.3) is 0 Å². The number of aromatic nitrogens is 1. The second-order valence-corrected chi connectivity index (χ2v) is 6.34. The van der Waals surface area contributed by atoms with Gasteiger partial charge < -0.3 is 14.8 Å². The summed E-state index contributed by atoms with van der Waals surface area (Å²) in [6, 6.07) is 10.2. The molecule has 0 saturated carbocycles. The number of hydrogen-bond donors (Lipinski definition) is 1. The van der Waals surface area contributed by atoms with Gasteiger partial charge in [0.1, 0.15) is 6.54 Å². The van der Waals surface area contributed by atoms with Gasteiger partial charge in [-0.25, -0.2) is 0 Å². The Morgan fingerprint density at radius 1 is 1.25 bits per heavy atom. The molecule has 126 valence electrons. The van der Waals surface area contributed by atoms with Gasteiger partial charge in [0.15, 0.2) is 0 Å². The Labute approximate surface area is 148 Å². The van der Waals surface area contributed by atoms with Crippen LogP contribution in [-0.4, -0.2) is 34.9 Å². The molecule has 0 radical (unpaired) electrons. The number of nitrogens with one attached hydrogen (secondary N) is 1. The molecule has 0 saturated heterocycles. The Balaban J connectivity index is 1.94. The molecule has 2 aromatic rings. The Bertz CT molecular complexity index is 817. The lowest BCUT2D eigenvalue weighted by Crippen LogP contribution is -2.38. The average Bonchev–Trinajstić information content (AvgIpc) is 2.52. The van der Waals surface area contributed by atoms with Gasteiger partial charge in [0.05, 0.1) is 6.54 Å². The Kier molecular flexibility index (Phi) is 5.92. The first-order chi connectivity index (χ1) is 11.4. The lowest BCUT2D eigenvalue weighted by molar-refractivity contribution is -0.133. The zero-order valence-electron chi connectivity index (χ0n) is 13.5. The Morgan fingerprint density at radius 3 is 2.67 bits per heavy atom. The number of carbonyl (C=O) groups is 2. The van der Waals surface area contributed by atoms with Gasteiger partial charge >= 0.3 is 0 Å². The highest BCUT2D eigenvalue weighted by molar-refractivity contribution is 9.10. The van der Waals surface area contributed by atoms with Gasteiger partial charge in [-0.05, 0) is 36.8 Å². The smallest absolute Gasteiger partial charge is 0.250 e. The van der Waals surface area contributed by atoms with Gasteiger partial charge in [0.25, 0.3) is 5.56 Å². The van der Waals surface area contributed by atoms with E-state index < -0.39 is 0 Å². The van der Waals surface area contributed by atoms with Crippen LogP contribution in [0, 0.1) is 6.92 Å². The van der Waals surface area contributed by atoms with Crippen molar-refractivity contribution in [3.8, 4) is 0 Å². The number of benzene rings is 1. The number of hydrogen-bond acceptors (Lipinski definition) is 3. The van der Waals surface area contributed by atoms with Crippen molar-refractivity contribution in [3.05, 3.63) is 63.0 Å². The number of anilines is 1.